The molecule has 7 heteroatoms. The average Bonchev–Trinajstić information content (AvgIpc) is 3.11. The van der Waals surface area contributed by atoms with Crippen molar-refractivity contribution in [3.05, 3.63) is 34.9 Å². The second-order valence-electron chi connectivity index (χ2n) is 6.85. The van der Waals surface area contributed by atoms with Gasteiger partial charge in [0.2, 0.25) is 0 Å². The van der Waals surface area contributed by atoms with E-state index in [1.54, 1.807) is 12.1 Å². The second-order valence-corrected chi connectivity index (χ2v) is 7.28. The van der Waals surface area contributed by atoms with E-state index in [9.17, 15) is 5.11 Å². The highest BCUT2D eigenvalue weighted by Crippen LogP contribution is 2.19. The highest BCUT2D eigenvalue weighted by atomic mass is 127. The van der Waals surface area contributed by atoms with E-state index in [-0.39, 0.29) is 24.0 Å². The van der Waals surface area contributed by atoms with Crippen molar-refractivity contribution >= 4 is 41.5 Å². The molecule has 1 heterocycles. The fourth-order valence-electron chi connectivity index (χ4n) is 3.41. The van der Waals surface area contributed by atoms with E-state index in [1.165, 1.54) is 6.42 Å². The molecule has 5 nitrogen and oxygen atoms in total. The van der Waals surface area contributed by atoms with Gasteiger partial charge in [0.15, 0.2) is 5.96 Å². The molecule has 2 N–H and O–H groups in total. The van der Waals surface area contributed by atoms with E-state index >= 15 is 0 Å². The average molecular weight is 509 g/mol. The zero-order valence-corrected chi connectivity index (χ0v) is 19.8. The maximum Gasteiger partial charge on any atom is 0.194 e. The minimum Gasteiger partial charge on any atom is -0.386 e. The lowest BCUT2D eigenvalue weighted by molar-refractivity contribution is 0.186. The van der Waals surface area contributed by atoms with E-state index < -0.39 is 6.10 Å². The van der Waals surface area contributed by atoms with Crippen LogP contribution in [-0.2, 0) is 0 Å². The molecular weight excluding hydrogens is 475 g/mol. The largest absolute Gasteiger partial charge is 0.386 e. The van der Waals surface area contributed by atoms with Gasteiger partial charge in [-0.1, -0.05) is 37.6 Å². The van der Waals surface area contributed by atoms with E-state index in [0.717, 1.165) is 50.8 Å². The Morgan fingerprint density at radius 3 is 2.56 bits per heavy atom. The van der Waals surface area contributed by atoms with Gasteiger partial charge in [-0.3, -0.25) is 4.99 Å². The number of rotatable bonds is 8. The number of nitrogens with zero attached hydrogens (tertiary/aromatic N) is 3. The fourth-order valence-corrected chi connectivity index (χ4v) is 3.54. The topological polar surface area (TPSA) is 51.1 Å². The first-order valence-corrected chi connectivity index (χ1v) is 10.1. The summed E-state index contributed by atoms with van der Waals surface area (Å²) in [6, 6.07) is 7.30. The SMILES string of the molecule is CCNC(=NCC(O)c1ccc(Cl)cc1)N1CCC(CN(CC)CC)C1.I. The molecule has 1 aromatic rings. The van der Waals surface area contributed by atoms with Crippen LogP contribution in [-0.4, -0.2) is 66.7 Å². The highest BCUT2D eigenvalue weighted by Gasteiger charge is 2.26. The summed E-state index contributed by atoms with van der Waals surface area (Å²) in [6.07, 6.45) is 0.579. The number of guanidine groups is 1. The molecule has 0 spiro atoms. The molecule has 0 aromatic heterocycles. The van der Waals surface area contributed by atoms with Crippen LogP contribution in [0.5, 0.6) is 0 Å². The Labute approximate surface area is 186 Å². The predicted octanol–water partition coefficient (Wildman–Crippen LogP) is 3.62. The Kier molecular flexibility index (Phi) is 11.6. The first kappa shape index (κ1) is 24.5. The molecule has 1 fully saturated rings. The molecule has 154 valence electrons. The van der Waals surface area contributed by atoms with Gasteiger partial charge in [0.25, 0.3) is 0 Å². The first-order chi connectivity index (χ1) is 12.6. The Hall–Kier alpha value is -0.570. The molecule has 2 unspecified atom stereocenters. The highest BCUT2D eigenvalue weighted by molar-refractivity contribution is 14.0. The molecule has 0 saturated carbocycles. The van der Waals surface area contributed by atoms with Crippen LogP contribution in [0, 0.1) is 5.92 Å². The minimum atomic E-state index is -0.616. The van der Waals surface area contributed by atoms with Gasteiger partial charge in [-0.05, 0) is 50.0 Å². The zero-order valence-electron chi connectivity index (χ0n) is 16.7. The maximum absolute atomic E-state index is 10.4. The zero-order chi connectivity index (χ0) is 18.9. The Balaban J connectivity index is 0.00000364. The van der Waals surface area contributed by atoms with E-state index in [2.05, 4.69) is 40.9 Å². The minimum absolute atomic E-state index is 0. The Bertz CT molecular complexity index is 566. The first-order valence-electron chi connectivity index (χ1n) is 9.76. The summed E-state index contributed by atoms with van der Waals surface area (Å²) >= 11 is 5.91. The van der Waals surface area contributed by atoms with Crippen molar-refractivity contribution in [2.45, 2.75) is 33.3 Å². The molecule has 0 amide bonds. The summed E-state index contributed by atoms with van der Waals surface area (Å²) in [6.45, 7) is 13.1. The summed E-state index contributed by atoms with van der Waals surface area (Å²) in [7, 11) is 0. The van der Waals surface area contributed by atoms with Crippen LogP contribution in [0.3, 0.4) is 0 Å². The van der Waals surface area contributed by atoms with E-state index in [0.29, 0.717) is 17.5 Å². The molecule has 2 rings (SSSR count). The summed E-state index contributed by atoms with van der Waals surface area (Å²) in [5.74, 6) is 1.59. The number of likely N-dealkylation sites (tertiary alicyclic amines) is 1. The Morgan fingerprint density at radius 2 is 1.96 bits per heavy atom. The monoisotopic (exact) mass is 508 g/mol. The summed E-state index contributed by atoms with van der Waals surface area (Å²) in [4.78, 5) is 9.50. The van der Waals surface area contributed by atoms with Crippen LogP contribution in [0.2, 0.25) is 5.02 Å². The second kappa shape index (κ2) is 12.8. The third kappa shape index (κ3) is 7.75. The van der Waals surface area contributed by atoms with Gasteiger partial charge in [0.05, 0.1) is 12.6 Å². The number of aliphatic imine (C=N–C) groups is 1. The van der Waals surface area contributed by atoms with Gasteiger partial charge in [-0.2, -0.15) is 0 Å². The van der Waals surface area contributed by atoms with Crippen molar-refractivity contribution in [2.24, 2.45) is 10.9 Å². The van der Waals surface area contributed by atoms with Crippen molar-refractivity contribution in [3.8, 4) is 0 Å². The summed E-state index contributed by atoms with van der Waals surface area (Å²) < 4.78 is 0. The van der Waals surface area contributed by atoms with Gasteiger partial charge in [0.1, 0.15) is 0 Å². The van der Waals surface area contributed by atoms with Crippen LogP contribution in [0.15, 0.2) is 29.3 Å². The molecular formula is C20H34ClIN4O. The predicted molar refractivity (Wildman–Crippen MR) is 125 cm³/mol. The Morgan fingerprint density at radius 1 is 1.30 bits per heavy atom. The molecule has 1 aliphatic rings. The fraction of sp³-hybridized carbons (Fsp3) is 0.650. The van der Waals surface area contributed by atoms with Crippen LogP contribution >= 0.6 is 35.6 Å². The molecule has 0 aliphatic carbocycles. The van der Waals surface area contributed by atoms with Gasteiger partial charge < -0.3 is 20.2 Å². The van der Waals surface area contributed by atoms with Crippen LogP contribution in [0.25, 0.3) is 0 Å². The van der Waals surface area contributed by atoms with Crippen LogP contribution in [0.4, 0.5) is 0 Å². The lowest BCUT2D eigenvalue weighted by Gasteiger charge is -2.24. The lowest BCUT2D eigenvalue weighted by atomic mass is 10.1. The van der Waals surface area contributed by atoms with Gasteiger partial charge in [0, 0.05) is 31.2 Å². The molecule has 1 aromatic carbocycles. The number of hydrogen-bond acceptors (Lipinski definition) is 3. The standard InChI is InChI=1S/C20H33ClN4O.HI/c1-4-22-20(23-13-19(26)17-7-9-18(21)10-8-17)25-12-11-16(15-25)14-24(5-2)6-3;/h7-10,16,19,26H,4-6,11-15H2,1-3H3,(H,22,23);1H. The molecule has 27 heavy (non-hydrogen) atoms. The summed E-state index contributed by atoms with van der Waals surface area (Å²) in [5.41, 5.74) is 0.842. The normalized spacial score (nSPS) is 18.5. The quantitative estimate of drug-likeness (QED) is 0.320. The number of hydrogen-bond donors (Lipinski definition) is 2. The third-order valence-corrected chi connectivity index (χ3v) is 5.25. The van der Waals surface area contributed by atoms with Crippen molar-refractivity contribution in [1.29, 1.82) is 0 Å². The van der Waals surface area contributed by atoms with E-state index in [1.807, 2.05) is 12.1 Å². The molecule has 2 atom stereocenters. The maximum atomic E-state index is 10.4. The van der Waals surface area contributed by atoms with Gasteiger partial charge in [-0.15, -0.1) is 24.0 Å². The van der Waals surface area contributed by atoms with Crippen molar-refractivity contribution < 1.29 is 5.11 Å². The molecule has 0 bridgehead atoms. The number of aliphatic hydroxyl groups is 1. The van der Waals surface area contributed by atoms with Gasteiger partial charge >= 0.3 is 0 Å². The molecule has 1 aliphatic heterocycles. The van der Waals surface area contributed by atoms with Gasteiger partial charge in [-0.25, -0.2) is 0 Å². The summed E-state index contributed by atoms with van der Waals surface area (Å²) in [5, 5.41) is 14.5. The molecule has 1 saturated heterocycles. The van der Waals surface area contributed by atoms with Crippen LogP contribution < -0.4 is 5.32 Å². The lowest BCUT2D eigenvalue weighted by Crippen LogP contribution is -2.41. The van der Waals surface area contributed by atoms with E-state index in [4.69, 9.17) is 11.6 Å². The third-order valence-electron chi connectivity index (χ3n) is 5.00. The van der Waals surface area contributed by atoms with Crippen molar-refractivity contribution in [2.75, 3.05) is 45.8 Å². The number of nitrogens with one attached hydrogen (secondary N) is 1. The van der Waals surface area contributed by atoms with Crippen LogP contribution in [0.1, 0.15) is 38.9 Å². The number of halogens is 2. The van der Waals surface area contributed by atoms with Crippen molar-refractivity contribution in [3.63, 3.8) is 0 Å². The number of aliphatic hydroxyl groups excluding tert-OH is 1. The smallest absolute Gasteiger partial charge is 0.194 e. The number of benzene rings is 1. The molecule has 0 radical (unpaired) electrons. The van der Waals surface area contributed by atoms with Crippen molar-refractivity contribution in [1.82, 2.24) is 15.1 Å².